The van der Waals surface area contributed by atoms with Gasteiger partial charge in [-0.3, -0.25) is 4.79 Å². The van der Waals surface area contributed by atoms with Crippen LogP contribution in [-0.2, 0) is 4.79 Å². The Hall–Kier alpha value is -0.610. The van der Waals surface area contributed by atoms with Crippen LogP contribution < -0.4 is 5.73 Å². The van der Waals surface area contributed by atoms with E-state index in [2.05, 4.69) is 0 Å². The number of aliphatic hydroxyl groups excluding tert-OH is 1. The Morgan fingerprint density at radius 2 is 2.36 bits per heavy atom. The van der Waals surface area contributed by atoms with E-state index in [0.717, 1.165) is 6.42 Å². The van der Waals surface area contributed by atoms with Gasteiger partial charge in [0.15, 0.2) is 0 Å². The number of amides is 1. The molecule has 0 aromatic heterocycles. The molecule has 1 saturated heterocycles. The van der Waals surface area contributed by atoms with Gasteiger partial charge in [0.1, 0.15) is 0 Å². The molecule has 14 heavy (non-hydrogen) atoms. The van der Waals surface area contributed by atoms with Gasteiger partial charge in [0, 0.05) is 13.1 Å². The van der Waals surface area contributed by atoms with Crippen molar-refractivity contribution in [2.45, 2.75) is 38.8 Å². The van der Waals surface area contributed by atoms with Crippen molar-refractivity contribution in [3.05, 3.63) is 0 Å². The fourth-order valence-electron chi connectivity index (χ4n) is 1.65. The van der Waals surface area contributed by atoms with E-state index in [-0.39, 0.29) is 17.9 Å². The average Bonchev–Trinajstić information content (AvgIpc) is 2.61. The van der Waals surface area contributed by atoms with Gasteiger partial charge >= 0.3 is 0 Å². The largest absolute Gasteiger partial charge is 0.391 e. The Labute approximate surface area is 85.1 Å². The predicted molar refractivity (Wildman–Crippen MR) is 54.6 cm³/mol. The zero-order valence-corrected chi connectivity index (χ0v) is 8.94. The van der Waals surface area contributed by atoms with Gasteiger partial charge < -0.3 is 15.7 Å². The number of likely N-dealkylation sites (tertiary alicyclic amines) is 1. The minimum Gasteiger partial charge on any atom is -0.391 e. The summed E-state index contributed by atoms with van der Waals surface area (Å²) in [4.78, 5) is 13.4. The molecular weight excluding hydrogens is 180 g/mol. The number of rotatable bonds is 3. The lowest BCUT2D eigenvalue weighted by atomic mass is 9.99. The van der Waals surface area contributed by atoms with E-state index in [9.17, 15) is 9.90 Å². The number of nitrogens with two attached hydrogens (primary N) is 1. The molecule has 0 spiro atoms. The quantitative estimate of drug-likeness (QED) is 0.671. The number of aliphatic hydroxyl groups is 1. The number of hydrogen-bond acceptors (Lipinski definition) is 3. The fourth-order valence-corrected chi connectivity index (χ4v) is 1.65. The molecule has 1 heterocycles. The molecule has 1 rings (SSSR count). The van der Waals surface area contributed by atoms with E-state index in [1.54, 1.807) is 4.90 Å². The lowest BCUT2D eigenvalue weighted by Crippen LogP contribution is -2.46. The second-order valence-electron chi connectivity index (χ2n) is 4.14. The van der Waals surface area contributed by atoms with Gasteiger partial charge in [-0.05, 0) is 12.3 Å². The number of nitrogens with zero attached hydrogens (tertiary/aromatic N) is 1. The molecule has 0 aliphatic carbocycles. The van der Waals surface area contributed by atoms with Crippen LogP contribution in [-0.4, -0.2) is 41.1 Å². The molecule has 3 N–H and O–H groups in total. The van der Waals surface area contributed by atoms with Gasteiger partial charge in [0.25, 0.3) is 0 Å². The fraction of sp³-hybridized carbons (Fsp3) is 0.900. The third-order valence-corrected chi connectivity index (χ3v) is 3.02. The maximum Gasteiger partial charge on any atom is 0.239 e. The summed E-state index contributed by atoms with van der Waals surface area (Å²) in [5, 5.41) is 9.29. The number of carbonyl (C=O) groups excluding carboxylic acids is 1. The van der Waals surface area contributed by atoms with E-state index in [0.29, 0.717) is 19.5 Å². The van der Waals surface area contributed by atoms with E-state index >= 15 is 0 Å². The van der Waals surface area contributed by atoms with E-state index in [4.69, 9.17) is 5.73 Å². The molecule has 0 saturated carbocycles. The van der Waals surface area contributed by atoms with Crippen LogP contribution in [0.2, 0.25) is 0 Å². The van der Waals surface area contributed by atoms with Gasteiger partial charge in [0.05, 0.1) is 12.1 Å². The molecule has 0 bridgehead atoms. The Kier molecular flexibility index (Phi) is 3.89. The Bertz CT molecular complexity index is 204. The molecule has 82 valence electrons. The predicted octanol–water partition coefficient (Wildman–Crippen LogP) is -0.0470. The van der Waals surface area contributed by atoms with Crippen LogP contribution in [0, 0.1) is 5.92 Å². The van der Waals surface area contributed by atoms with Crippen molar-refractivity contribution in [3.8, 4) is 0 Å². The average molecular weight is 200 g/mol. The Morgan fingerprint density at radius 3 is 2.79 bits per heavy atom. The summed E-state index contributed by atoms with van der Waals surface area (Å²) in [6, 6.07) is -0.412. The van der Waals surface area contributed by atoms with Gasteiger partial charge in [-0.25, -0.2) is 0 Å². The normalized spacial score (nSPS) is 26.3. The molecule has 4 nitrogen and oxygen atoms in total. The van der Waals surface area contributed by atoms with Crippen LogP contribution in [0.5, 0.6) is 0 Å². The zero-order chi connectivity index (χ0) is 10.7. The molecular formula is C10H20N2O2. The first kappa shape index (κ1) is 11.5. The summed E-state index contributed by atoms with van der Waals surface area (Å²) in [6.07, 6.45) is 1.23. The highest BCUT2D eigenvalue weighted by atomic mass is 16.3. The lowest BCUT2D eigenvalue weighted by molar-refractivity contribution is -0.133. The number of carbonyl (C=O) groups is 1. The highest BCUT2D eigenvalue weighted by Crippen LogP contribution is 2.14. The molecule has 3 atom stereocenters. The molecule has 2 unspecified atom stereocenters. The van der Waals surface area contributed by atoms with E-state index in [1.807, 2.05) is 13.8 Å². The number of β-amino-alcohol motifs (C(OH)–C–C–N with tert-alkyl or cyclic N) is 1. The van der Waals surface area contributed by atoms with Crippen LogP contribution in [0.25, 0.3) is 0 Å². The first-order chi connectivity index (χ1) is 6.56. The highest BCUT2D eigenvalue weighted by molar-refractivity contribution is 5.82. The third-order valence-electron chi connectivity index (χ3n) is 3.02. The molecule has 1 fully saturated rings. The van der Waals surface area contributed by atoms with Crippen molar-refractivity contribution in [1.82, 2.24) is 4.90 Å². The van der Waals surface area contributed by atoms with Crippen LogP contribution in [0.15, 0.2) is 0 Å². The molecule has 0 radical (unpaired) electrons. The molecule has 1 aliphatic rings. The van der Waals surface area contributed by atoms with Crippen LogP contribution in [0.1, 0.15) is 26.7 Å². The Balaban J connectivity index is 2.48. The SMILES string of the molecule is CCC(C)C(N)C(=O)N1CC[C@H](O)C1. The lowest BCUT2D eigenvalue weighted by Gasteiger charge is -2.23. The second-order valence-corrected chi connectivity index (χ2v) is 4.14. The summed E-state index contributed by atoms with van der Waals surface area (Å²) in [5.74, 6) is 0.191. The molecule has 1 aliphatic heterocycles. The maximum atomic E-state index is 11.8. The summed E-state index contributed by atoms with van der Waals surface area (Å²) >= 11 is 0. The van der Waals surface area contributed by atoms with Crippen molar-refractivity contribution in [2.75, 3.05) is 13.1 Å². The second kappa shape index (κ2) is 4.75. The van der Waals surface area contributed by atoms with Crippen LogP contribution in [0.3, 0.4) is 0 Å². The van der Waals surface area contributed by atoms with E-state index in [1.165, 1.54) is 0 Å². The van der Waals surface area contributed by atoms with Crippen molar-refractivity contribution < 1.29 is 9.90 Å². The van der Waals surface area contributed by atoms with Gasteiger partial charge in [-0.1, -0.05) is 20.3 Å². The van der Waals surface area contributed by atoms with Crippen molar-refractivity contribution >= 4 is 5.91 Å². The number of hydrogen-bond donors (Lipinski definition) is 2. The first-order valence-electron chi connectivity index (χ1n) is 5.28. The third kappa shape index (κ3) is 2.45. The Morgan fingerprint density at radius 1 is 1.71 bits per heavy atom. The summed E-state index contributed by atoms with van der Waals surface area (Å²) in [5.41, 5.74) is 5.82. The van der Waals surface area contributed by atoms with Crippen molar-refractivity contribution in [3.63, 3.8) is 0 Å². The molecule has 0 aromatic rings. The van der Waals surface area contributed by atoms with Crippen LogP contribution >= 0.6 is 0 Å². The molecule has 0 aromatic carbocycles. The molecule has 4 heteroatoms. The minimum absolute atomic E-state index is 0.0177. The summed E-state index contributed by atoms with van der Waals surface area (Å²) in [6.45, 7) is 5.10. The topological polar surface area (TPSA) is 66.6 Å². The monoisotopic (exact) mass is 200 g/mol. The standard InChI is InChI=1S/C10H20N2O2/c1-3-7(2)9(11)10(14)12-5-4-8(13)6-12/h7-9,13H,3-6,11H2,1-2H3/t7?,8-,9?/m0/s1. The summed E-state index contributed by atoms with van der Waals surface area (Å²) in [7, 11) is 0. The van der Waals surface area contributed by atoms with E-state index < -0.39 is 6.04 Å². The van der Waals surface area contributed by atoms with Gasteiger partial charge in [0.2, 0.25) is 5.91 Å². The summed E-state index contributed by atoms with van der Waals surface area (Å²) < 4.78 is 0. The van der Waals surface area contributed by atoms with Crippen molar-refractivity contribution in [1.29, 1.82) is 0 Å². The first-order valence-corrected chi connectivity index (χ1v) is 5.28. The smallest absolute Gasteiger partial charge is 0.239 e. The van der Waals surface area contributed by atoms with Gasteiger partial charge in [-0.15, -0.1) is 0 Å². The maximum absolute atomic E-state index is 11.8. The zero-order valence-electron chi connectivity index (χ0n) is 8.94. The molecule has 1 amide bonds. The van der Waals surface area contributed by atoms with Crippen LogP contribution in [0.4, 0.5) is 0 Å². The van der Waals surface area contributed by atoms with Crippen molar-refractivity contribution in [2.24, 2.45) is 11.7 Å². The van der Waals surface area contributed by atoms with Gasteiger partial charge in [-0.2, -0.15) is 0 Å². The highest BCUT2D eigenvalue weighted by Gasteiger charge is 2.29. The minimum atomic E-state index is -0.412.